The summed E-state index contributed by atoms with van der Waals surface area (Å²) in [6.45, 7) is 1.04. The molecule has 0 spiro atoms. The summed E-state index contributed by atoms with van der Waals surface area (Å²) in [5.41, 5.74) is 1.70. The van der Waals surface area contributed by atoms with Gasteiger partial charge in [0.25, 0.3) is 0 Å². The summed E-state index contributed by atoms with van der Waals surface area (Å²) in [6.07, 6.45) is 6.84. The Labute approximate surface area is 138 Å². The number of esters is 1. The Morgan fingerprint density at radius 3 is 2.61 bits per heavy atom. The van der Waals surface area contributed by atoms with Gasteiger partial charge in [-0.3, -0.25) is 9.28 Å². The summed E-state index contributed by atoms with van der Waals surface area (Å²) in [5.74, 6) is 0.509. The summed E-state index contributed by atoms with van der Waals surface area (Å²) < 4.78 is 6.41. The van der Waals surface area contributed by atoms with Gasteiger partial charge < -0.3 is 9.84 Å². The molecular weight excluding hydrogens is 290 g/mol. The fourth-order valence-electron chi connectivity index (χ4n) is 4.04. The van der Waals surface area contributed by atoms with Crippen LogP contribution in [0, 0.1) is 0 Å². The number of hydrogen-bond donors (Lipinski definition) is 1. The second kappa shape index (κ2) is 6.52. The van der Waals surface area contributed by atoms with Crippen molar-refractivity contribution in [1.82, 2.24) is 0 Å². The number of ether oxygens (including phenoxy) is 1. The average molecular weight is 318 g/mol. The van der Waals surface area contributed by atoms with Gasteiger partial charge in [0, 0.05) is 18.4 Å². The highest BCUT2D eigenvalue weighted by molar-refractivity contribution is 5.74. The van der Waals surface area contributed by atoms with Gasteiger partial charge in [-0.15, -0.1) is 0 Å². The first kappa shape index (κ1) is 16.3. The summed E-state index contributed by atoms with van der Waals surface area (Å²) in [6, 6.07) is 5.78. The number of quaternary nitrogens is 1. The maximum absolute atomic E-state index is 12.3. The number of benzene rings is 1. The van der Waals surface area contributed by atoms with Crippen LogP contribution in [0.3, 0.4) is 0 Å². The van der Waals surface area contributed by atoms with Crippen LogP contribution in [0.4, 0.5) is 0 Å². The molecule has 0 amide bonds. The minimum Gasteiger partial charge on any atom is -0.507 e. The Hall–Kier alpha value is -1.55. The number of rotatable bonds is 4. The van der Waals surface area contributed by atoms with Gasteiger partial charge in [-0.05, 0) is 24.3 Å². The lowest BCUT2D eigenvalue weighted by Crippen LogP contribution is -2.46. The third kappa shape index (κ3) is 3.52. The van der Waals surface area contributed by atoms with Crippen LogP contribution in [0.5, 0.6) is 5.75 Å². The van der Waals surface area contributed by atoms with Gasteiger partial charge in [0.05, 0.1) is 27.1 Å². The quantitative estimate of drug-likeness (QED) is 0.684. The number of para-hydroxylation sites is 1. The number of carbonyl (C=O) groups excluding carboxylic acids is 1. The van der Waals surface area contributed by atoms with E-state index < -0.39 is 0 Å². The Bertz CT molecular complexity index is 576. The van der Waals surface area contributed by atoms with E-state index in [2.05, 4.69) is 14.1 Å². The lowest BCUT2D eigenvalue weighted by Gasteiger charge is -2.30. The topological polar surface area (TPSA) is 46.5 Å². The van der Waals surface area contributed by atoms with Crippen LogP contribution in [-0.2, 0) is 16.0 Å². The third-order valence-electron chi connectivity index (χ3n) is 5.51. The number of nitrogens with zero attached hydrogens (tertiary/aromatic N) is 1. The minimum absolute atomic E-state index is 0.0531. The lowest BCUT2D eigenvalue weighted by atomic mass is 9.94. The monoisotopic (exact) mass is 318 g/mol. The molecule has 2 fully saturated rings. The lowest BCUT2D eigenvalue weighted by molar-refractivity contribution is -0.921. The fourth-order valence-corrected chi connectivity index (χ4v) is 4.04. The Kier molecular flexibility index (Phi) is 4.62. The number of aromatic hydroxyl groups is 1. The van der Waals surface area contributed by atoms with Crippen molar-refractivity contribution < 1.29 is 19.1 Å². The summed E-state index contributed by atoms with van der Waals surface area (Å²) in [5, 5.41) is 10.5. The van der Waals surface area contributed by atoms with Crippen molar-refractivity contribution in [2.75, 3.05) is 20.6 Å². The second-order valence-corrected chi connectivity index (χ2v) is 7.60. The molecule has 126 valence electrons. The molecule has 1 unspecified atom stereocenters. The van der Waals surface area contributed by atoms with Crippen LogP contribution in [0.15, 0.2) is 18.2 Å². The van der Waals surface area contributed by atoms with Gasteiger partial charge in [-0.1, -0.05) is 31.0 Å². The molecule has 1 heterocycles. The number of carbonyl (C=O) groups is 1. The van der Waals surface area contributed by atoms with Crippen LogP contribution in [-0.4, -0.2) is 42.4 Å². The number of likely N-dealkylation sites (tertiary alicyclic amines) is 1. The molecule has 1 aliphatic carbocycles. The van der Waals surface area contributed by atoms with Gasteiger partial charge in [-0.25, -0.2) is 0 Å². The normalized spacial score (nSPS) is 24.0. The van der Waals surface area contributed by atoms with Gasteiger partial charge in [-0.2, -0.15) is 0 Å². The predicted molar refractivity (Wildman–Crippen MR) is 89.1 cm³/mol. The zero-order valence-corrected chi connectivity index (χ0v) is 14.3. The highest BCUT2D eigenvalue weighted by atomic mass is 16.6. The Morgan fingerprint density at radius 1 is 1.22 bits per heavy atom. The maximum Gasteiger partial charge on any atom is 0.314 e. The molecule has 2 aliphatic rings. The summed E-state index contributed by atoms with van der Waals surface area (Å²) in [4.78, 5) is 12.3. The molecule has 3 rings (SSSR count). The summed E-state index contributed by atoms with van der Waals surface area (Å²) >= 11 is 0. The highest BCUT2D eigenvalue weighted by Gasteiger charge is 2.37. The minimum atomic E-state index is -0.234. The highest BCUT2D eigenvalue weighted by Crippen LogP contribution is 2.39. The standard InChI is InChI=1S/C19H27NO3/c1-20(2)12-6-11-17(20)23-18(21)13-15-9-5-10-16(19(15)22)14-7-3-4-8-14/h5,9-10,14,17H,3-4,6-8,11-13H2,1-2H3/p+1. The molecule has 4 heteroatoms. The second-order valence-electron chi connectivity index (χ2n) is 7.60. The number of phenols is 1. The van der Waals surface area contributed by atoms with E-state index in [4.69, 9.17) is 4.74 Å². The summed E-state index contributed by atoms with van der Waals surface area (Å²) in [7, 11) is 4.20. The molecule has 1 atom stereocenters. The Morgan fingerprint density at radius 2 is 1.96 bits per heavy atom. The zero-order chi connectivity index (χ0) is 16.4. The van der Waals surface area contributed by atoms with E-state index in [0.717, 1.165) is 42.3 Å². The van der Waals surface area contributed by atoms with E-state index in [1.54, 1.807) is 0 Å². The van der Waals surface area contributed by atoms with E-state index in [1.807, 2.05) is 18.2 Å². The molecule has 1 aromatic carbocycles. The maximum atomic E-state index is 12.3. The first-order valence-corrected chi connectivity index (χ1v) is 8.80. The fraction of sp³-hybridized carbons (Fsp3) is 0.632. The van der Waals surface area contributed by atoms with Crippen LogP contribution in [0.25, 0.3) is 0 Å². The van der Waals surface area contributed by atoms with Crippen LogP contribution in [0.1, 0.15) is 55.6 Å². The molecule has 1 N–H and O–H groups in total. The molecular formula is C19H28NO3+. The van der Waals surface area contributed by atoms with E-state index in [0.29, 0.717) is 17.2 Å². The van der Waals surface area contributed by atoms with Gasteiger partial charge in [0.1, 0.15) is 5.75 Å². The zero-order valence-electron chi connectivity index (χ0n) is 14.3. The van der Waals surface area contributed by atoms with Crippen molar-refractivity contribution in [3.8, 4) is 5.75 Å². The van der Waals surface area contributed by atoms with E-state index >= 15 is 0 Å². The number of phenolic OH excluding ortho intramolecular Hbond substituents is 1. The van der Waals surface area contributed by atoms with E-state index in [1.165, 1.54) is 12.8 Å². The van der Waals surface area contributed by atoms with Crippen LogP contribution >= 0.6 is 0 Å². The molecule has 0 aromatic heterocycles. The van der Waals surface area contributed by atoms with Crippen LogP contribution in [0.2, 0.25) is 0 Å². The molecule has 4 nitrogen and oxygen atoms in total. The molecule has 0 bridgehead atoms. The molecule has 0 radical (unpaired) electrons. The SMILES string of the molecule is C[N+]1(C)CCCC1OC(=O)Cc1cccc(C2CCCC2)c1O. The van der Waals surface area contributed by atoms with Crippen molar-refractivity contribution in [2.45, 2.75) is 57.1 Å². The predicted octanol–water partition coefficient (Wildman–Crippen LogP) is 3.33. The Balaban J connectivity index is 1.67. The smallest absolute Gasteiger partial charge is 0.314 e. The van der Waals surface area contributed by atoms with Gasteiger partial charge in [0.2, 0.25) is 6.23 Å². The molecule has 1 saturated heterocycles. The molecule has 1 aliphatic heterocycles. The first-order valence-electron chi connectivity index (χ1n) is 8.80. The molecule has 1 aromatic rings. The van der Waals surface area contributed by atoms with Crippen molar-refractivity contribution in [1.29, 1.82) is 0 Å². The number of hydrogen-bond acceptors (Lipinski definition) is 3. The van der Waals surface area contributed by atoms with Crippen molar-refractivity contribution in [3.63, 3.8) is 0 Å². The van der Waals surface area contributed by atoms with Crippen LogP contribution < -0.4 is 0 Å². The average Bonchev–Trinajstić information content (AvgIpc) is 3.12. The van der Waals surface area contributed by atoms with Crippen molar-refractivity contribution in [2.24, 2.45) is 0 Å². The van der Waals surface area contributed by atoms with Gasteiger partial charge in [0.15, 0.2) is 0 Å². The van der Waals surface area contributed by atoms with E-state index in [-0.39, 0.29) is 18.6 Å². The third-order valence-corrected chi connectivity index (χ3v) is 5.51. The van der Waals surface area contributed by atoms with Gasteiger partial charge >= 0.3 is 5.97 Å². The van der Waals surface area contributed by atoms with E-state index in [9.17, 15) is 9.90 Å². The largest absolute Gasteiger partial charge is 0.507 e. The van der Waals surface area contributed by atoms with Crippen molar-refractivity contribution >= 4 is 5.97 Å². The molecule has 1 saturated carbocycles. The molecule has 23 heavy (non-hydrogen) atoms. The van der Waals surface area contributed by atoms with Crippen molar-refractivity contribution in [3.05, 3.63) is 29.3 Å². The first-order chi connectivity index (χ1) is 11.0.